The summed E-state index contributed by atoms with van der Waals surface area (Å²) in [6.45, 7) is 2.18. The maximum atomic E-state index is 9.32. The summed E-state index contributed by atoms with van der Waals surface area (Å²) in [7, 11) is 0. The van der Waals surface area contributed by atoms with Crippen molar-refractivity contribution in [3.63, 3.8) is 0 Å². The first-order chi connectivity index (χ1) is 8.31. The second kappa shape index (κ2) is 6.61. The third-order valence-electron chi connectivity index (χ3n) is 3.80. The molecule has 2 rings (SSSR count). The van der Waals surface area contributed by atoms with Gasteiger partial charge >= 0.3 is 0 Å². The van der Waals surface area contributed by atoms with E-state index in [9.17, 15) is 5.26 Å². The first-order valence-corrected chi connectivity index (χ1v) is 7.95. The summed E-state index contributed by atoms with van der Waals surface area (Å²) in [5, 5.41) is 9.41. The molecule has 0 amide bonds. The quantitative estimate of drug-likeness (QED) is 0.715. The summed E-state index contributed by atoms with van der Waals surface area (Å²) < 4.78 is 0.958. The van der Waals surface area contributed by atoms with Gasteiger partial charge in [-0.25, -0.2) is 0 Å². The van der Waals surface area contributed by atoms with E-state index in [0.717, 1.165) is 17.4 Å². The smallest absolute Gasteiger partial charge is 0.137 e. The molecule has 0 N–H and O–H groups in total. The highest BCUT2D eigenvalue weighted by Crippen LogP contribution is 2.34. The minimum absolute atomic E-state index is 0.0865. The second-order valence-corrected chi connectivity index (χ2v) is 6.80. The molecule has 17 heavy (non-hydrogen) atoms. The van der Waals surface area contributed by atoms with Crippen molar-refractivity contribution >= 4 is 28.3 Å². The predicted molar refractivity (Wildman–Crippen MR) is 77.0 cm³/mol. The Morgan fingerprint density at radius 1 is 1.18 bits per heavy atom. The summed E-state index contributed by atoms with van der Waals surface area (Å²) in [4.78, 5) is 2.27. The summed E-state index contributed by atoms with van der Waals surface area (Å²) in [6, 6.07) is 2.47. The fourth-order valence-electron chi connectivity index (χ4n) is 2.75. The molecular weight excluding hydrogens is 248 g/mol. The van der Waals surface area contributed by atoms with Crippen molar-refractivity contribution in [2.75, 3.05) is 13.1 Å². The zero-order chi connectivity index (χ0) is 12.1. The van der Waals surface area contributed by atoms with Gasteiger partial charge in [0.25, 0.3) is 0 Å². The third-order valence-corrected chi connectivity index (χ3v) is 5.55. The SMILES string of the molecule is N#C[C@@H](SC(=S)N1CCCC1)C1CCCCC1. The average Bonchev–Trinajstić information content (AvgIpc) is 2.90. The standard InChI is InChI=1S/C13H20N2S2/c14-10-12(11-6-2-1-3-7-11)17-13(16)15-8-4-5-9-15/h11-12H,1-9H2/t12-/m1/s1. The van der Waals surface area contributed by atoms with Crippen LogP contribution in [0.2, 0.25) is 0 Å². The van der Waals surface area contributed by atoms with E-state index in [2.05, 4.69) is 11.0 Å². The van der Waals surface area contributed by atoms with Crippen molar-refractivity contribution < 1.29 is 0 Å². The van der Waals surface area contributed by atoms with Crippen LogP contribution in [0.1, 0.15) is 44.9 Å². The Morgan fingerprint density at radius 3 is 2.41 bits per heavy atom. The Morgan fingerprint density at radius 2 is 1.82 bits per heavy atom. The van der Waals surface area contributed by atoms with Crippen LogP contribution in [0.3, 0.4) is 0 Å². The molecule has 0 radical (unpaired) electrons. The van der Waals surface area contributed by atoms with E-state index >= 15 is 0 Å². The Labute approximate surface area is 114 Å². The van der Waals surface area contributed by atoms with E-state index in [-0.39, 0.29) is 5.25 Å². The van der Waals surface area contributed by atoms with Gasteiger partial charge in [0.1, 0.15) is 9.57 Å². The molecule has 4 heteroatoms. The molecule has 1 saturated carbocycles. The lowest BCUT2D eigenvalue weighted by molar-refractivity contribution is 0.370. The Bertz CT molecular complexity index is 299. The highest BCUT2D eigenvalue weighted by Gasteiger charge is 2.27. The fourth-order valence-corrected chi connectivity index (χ4v) is 4.31. The van der Waals surface area contributed by atoms with E-state index in [1.165, 1.54) is 44.9 Å². The maximum absolute atomic E-state index is 9.32. The summed E-state index contributed by atoms with van der Waals surface area (Å²) in [5.74, 6) is 0.569. The monoisotopic (exact) mass is 268 g/mol. The lowest BCUT2D eigenvalue weighted by Gasteiger charge is -2.27. The molecule has 94 valence electrons. The molecule has 2 nitrogen and oxygen atoms in total. The zero-order valence-electron chi connectivity index (χ0n) is 10.2. The van der Waals surface area contributed by atoms with Gasteiger partial charge in [-0.2, -0.15) is 5.26 Å². The van der Waals surface area contributed by atoms with Crippen LogP contribution in [0.4, 0.5) is 0 Å². The van der Waals surface area contributed by atoms with Gasteiger partial charge in [-0.1, -0.05) is 43.2 Å². The van der Waals surface area contributed by atoms with Gasteiger partial charge in [-0.15, -0.1) is 0 Å². The fraction of sp³-hybridized carbons (Fsp3) is 0.846. The molecule has 0 spiro atoms. The second-order valence-electron chi connectivity index (χ2n) is 5.03. The highest BCUT2D eigenvalue weighted by atomic mass is 32.2. The molecule has 0 aromatic carbocycles. The third kappa shape index (κ3) is 3.59. The van der Waals surface area contributed by atoms with Crippen LogP contribution in [0.25, 0.3) is 0 Å². The van der Waals surface area contributed by atoms with E-state index in [1.807, 2.05) is 0 Å². The van der Waals surface area contributed by atoms with Gasteiger partial charge < -0.3 is 4.90 Å². The molecule has 1 heterocycles. The van der Waals surface area contributed by atoms with E-state index in [0.29, 0.717) is 5.92 Å². The van der Waals surface area contributed by atoms with Gasteiger partial charge in [-0.3, -0.25) is 0 Å². The predicted octanol–water partition coefficient (Wildman–Crippen LogP) is 3.57. The summed E-state index contributed by atoms with van der Waals surface area (Å²) in [6.07, 6.45) is 8.86. The van der Waals surface area contributed by atoms with Crippen molar-refractivity contribution in [1.82, 2.24) is 4.90 Å². The first kappa shape index (κ1) is 13.2. The zero-order valence-corrected chi connectivity index (χ0v) is 11.9. The molecule has 0 unspecified atom stereocenters. The first-order valence-electron chi connectivity index (χ1n) is 6.66. The normalized spacial score (nSPS) is 23.4. The van der Waals surface area contributed by atoms with Crippen LogP contribution in [-0.2, 0) is 0 Å². The largest absolute Gasteiger partial charge is 0.357 e. The van der Waals surface area contributed by atoms with Gasteiger partial charge in [0, 0.05) is 13.1 Å². The van der Waals surface area contributed by atoms with E-state index < -0.39 is 0 Å². The molecule has 0 bridgehead atoms. The topological polar surface area (TPSA) is 27.0 Å². The van der Waals surface area contributed by atoms with E-state index in [4.69, 9.17) is 12.2 Å². The number of hydrogen-bond acceptors (Lipinski definition) is 3. The van der Waals surface area contributed by atoms with Crippen LogP contribution >= 0.6 is 24.0 Å². The molecule has 0 aromatic heterocycles. The van der Waals surface area contributed by atoms with Gasteiger partial charge in [0.05, 0.1) is 6.07 Å². The number of nitrogens with zero attached hydrogens (tertiary/aromatic N) is 2. The van der Waals surface area contributed by atoms with Crippen LogP contribution in [0.15, 0.2) is 0 Å². The number of likely N-dealkylation sites (tertiary alicyclic amines) is 1. The van der Waals surface area contributed by atoms with Crippen molar-refractivity contribution in [3.8, 4) is 6.07 Å². The molecule has 1 aliphatic heterocycles. The molecule has 2 aliphatic rings. The molecule has 1 aliphatic carbocycles. The van der Waals surface area contributed by atoms with Gasteiger partial charge in [-0.05, 0) is 31.6 Å². The minimum atomic E-state index is 0.0865. The van der Waals surface area contributed by atoms with E-state index in [1.54, 1.807) is 11.8 Å². The number of thiocarbonyl (C=S) groups is 1. The van der Waals surface area contributed by atoms with Crippen molar-refractivity contribution in [2.24, 2.45) is 5.92 Å². The van der Waals surface area contributed by atoms with Crippen molar-refractivity contribution in [3.05, 3.63) is 0 Å². The number of thioether (sulfide) groups is 1. The van der Waals surface area contributed by atoms with Gasteiger partial charge in [0.2, 0.25) is 0 Å². The average molecular weight is 268 g/mol. The van der Waals surface area contributed by atoms with Crippen molar-refractivity contribution in [2.45, 2.75) is 50.2 Å². The lowest BCUT2D eigenvalue weighted by Crippen LogP contribution is -2.28. The minimum Gasteiger partial charge on any atom is -0.357 e. The molecular formula is C13H20N2S2. The van der Waals surface area contributed by atoms with Gasteiger partial charge in [0.15, 0.2) is 0 Å². The van der Waals surface area contributed by atoms with Crippen LogP contribution in [0.5, 0.6) is 0 Å². The Hall–Kier alpha value is -0.270. The van der Waals surface area contributed by atoms with Crippen LogP contribution in [0, 0.1) is 17.2 Å². The number of hydrogen-bond donors (Lipinski definition) is 0. The van der Waals surface area contributed by atoms with Crippen LogP contribution < -0.4 is 0 Å². The van der Waals surface area contributed by atoms with Crippen molar-refractivity contribution in [1.29, 1.82) is 5.26 Å². The maximum Gasteiger partial charge on any atom is 0.137 e. The highest BCUT2D eigenvalue weighted by molar-refractivity contribution is 8.23. The summed E-state index contributed by atoms with van der Waals surface area (Å²) >= 11 is 7.11. The molecule has 1 saturated heterocycles. The number of nitriles is 1. The molecule has 0 aromatic rings. The van der Waals surface area contributed by atoms with Crippen LogP contribution in [-0.4, -0.2) is 27.6 Å². The Kier molecular flexibility index (Phi) is 5.12. The molecule has 2 fully saturated rings. The number of rotatable bonds is 2. The Balaban J connectivity index is 1.85. The molecule has 1 atom stereocenters. The summed E-state index contributed by atoms with van der Waals surface area (Å²) in [5.41, 5.74) is 0. The lowest BCUT2D eigenvalue weighted by atomic mass is 9.87.